The summed E-state index contributed by atoms with van der Waals surface area (Å²) in [5, 5.41) is 3.28. The topological polar surface area (TPSA) is 106 Å². The lowest BCUT2D eigenvalue weighted by atomic mass is 9.87. The number of aliphatic imine (C=N–C) groups is 1. The molecular weight excluding hydrogens is 577 g/mol. The molecule has 224 valence electrons. The lowest BCUT2D eigenvalue weighted by Gasteiger charge is -2.34. The molecule has 1 heterocycles. The van der Waals surface area contributed by atoms with Gasteiger partial charge in [0.25, 0.3) is 0 Å². The fraction of sp³-hybridized carbons (Fsp3) is 0.483. The summed E-state index contributed by atoms with van der Waals surface area (Å²) in [5.41, 5.74) is 4.02. The van der Waals surface area contributed by atoms with E-state index >= 15 is 8.78 Å². The van der Waals surface area contributed by atoms with Crippen LogP contribution >= 0.6 is 23.2 Å². The number of benzene rings is 2. The number of nitrogens with zero attached hydrogens (tertiary/aromatic N) is 2. The number of ether oxygens (including phenoxy) is 2. The minimum atomic E-state index is -1.29. The zero-order chi connectivity index (χ0) is 30.9. The first kappa shape index (κ1) is 32.4. The highest BCUT2D eigenvalue weighted by atomic mass is 35.5. The quantitative estimate of drug-likeness (QED) is 0.158. The number of nitrogens with two attached hydrogens (primary N) is 1. The smallest absolute Gasteiger partial charge is 0.410 e. The summed E-state index contributed by atoms with van der Waals surface area (Å²) >= 11 is 12.7. The first-order valence-corrected chi connectivity index (χ1v) is 13.8. The number of nitrogens with one attached hydrogen (secondary N) is 1. The molecule has 0 aliphatic carbocycles. The minimum Gasteiger partial charge on any atom is -0.459 e. The molecule has 0 spiro atoms. The molecule has 12 heteroatoms. The van der Waals surface area contributed by atoms with E-state index in [0.717, 1.165) is 0 Å². The van der Waals surface area contributed by atoms with Crippen molar-refractivity contribution in [2.24, 2.45) is 4.99 Å². The van der Waals surface area contributed by atoms with Gasteiger partial charge in [0, 0.05) is 29.2 Å². The van der Waals surface area contributed by atoms with Crippen LogP contribution in [-0.2, 0) is 19.8 Å². The number of carbonyl (C=O) groups is 2. The van der Waals surface area contributed by atoms with E-state index in [1.165, 1.54) is 36.1 Å². The number of nitrogen functional groups attached to an aromatic ring is 1. The first-order valence-electron chi connectivity index (χ1n) is 13.0. The average molecular weight is 614 g/mol. The number of likely N-dealkylation sites (tertiary alicyclic amines) is 1. The second kappa shape index (κ2) is 12.0. The Morgan fingerprint density at radius 2 is 1.71 bits per heavy atom. The van der Waals surface area contributed by atoms with Crippen molar-refractivity contribution < 1.29 is 27.8 Å². The fourth-order valence-corrected chi connectivity index (χ4v) is 5.11. The van der Waals surface area contributed by atoms with Gasteiger partial charge in [-0.05, 0) is 79.2 Å². The molecule has 3 N–H and O–H groups in total. The van der Waals surface area contributed by atoms with Crippen LogP contribution in [0.25, 0.3) is 0 Å². The third-order valence-electron chi connectivity index (χ3n) is 6.18. The zero-order valence-corrected chi connectivity index (χ0v) is 25.8. The second-order valence-electron chi connectivity index (χ2n) is 12.0. The molecule has 1 fully saturated rings. The van der Waals surface area contributed by atoms with Gasteiger partial charge in [0.1, 0.15) is 29.4 Å². The molecule has 8 nitrogen and oxygen atoms in total. The summed E-state index contributed by atoms with van der Waals surface area (Å²) in [6.45, 7) is 11.8. The molecule has 0 radical (unpaired) electrons. The summed E-state index contributed by atoms with van der Waals surface area (Å²) < 4.78 is 41.5. The van der Waals surface area contributed by atoms with Gasteiger partial charge < -0.3 is 25.4 Å². The molecule has 0 saturated carbocycles. The number of esters is 1. The Bertz CT molecular complexity index is 1350. The van der Waals surface area contributed by atoms with Gasteiger partial charge in [0.05, 0.1) is 27.7 Å². The summed E-state index contributed by atoms with van der Waals surface area (Å²) in [5.74, 6) is -1.92. The monoisotopic (exact) mass is 612 g/mol. The van der Waals surface area contributed by atoms with Gasteiger partial charge in [0.15, 0.2) is 0 Å². The van der Waals surface area contributed by atoms with Crippen LogP contribution in [0.4, 0.5) is 25.0 Å². The van der Waals surface area contributed by atoms with Crippen molar-refractivity contribution in [3.63, 3.8) is 0 Å². The van der Waals surface area contributed by atoms with Crippen molar-refractivity contribution in [3.8, 4) is 0 Å². The molecule has 1 saturated heterocycles. The van der Waals surface area contributed by atoms with Gasteiger partial charge in [-0.3, -0.25) is 9.79 Å². The Morgan fingerprint density at radius 1 is 1.07 bits per heavy atom. The molecule has 1 unspecified atom stereocenters. The van der Waals surface area contributed by atoms with Gasteiger partial charge in [-0.15, -0.1) is 0 Å². The number of halogens is 4. The van der Waals surface area contributed by atoms with E-state index < -0.39 is 40.4 Å². The zero-order valence-electron chi connectivity index (χ0n) is 24.3. The Morgan fingerprint density at radius 3 is 2.29 bits per heavy atom. The van der Waals surface area contributed by atoms with Gasteiger partial charge in [-0.25, -0.2) is 13.6 Å². The van der Waals surface area contributed by atoms with Crippen molar-refractivity contribution in [1.82, 2.24) is 4.90 Å². The van der Waals surface area contributed by atoms with Crippen molar-refractivity contribution in [2.45, 2.75) is 71.6 Å². The third-order valence-corrected chi connectivity index (χ3v) is 6.98. The van der Waals surface area contributed by atoms with E-state index in [1.54, 1.807) is 41.5 Å². The van der Waals surface area contributed by atoms with Crippen LogP contribution in [0, 0.1) is 11.6 Å². The van der Waals surface area contributed by atoms with Gasteiger partial charge in [0.2, 0.25) is 0 Å². The summed E-state index contributed by atoms with van der Waals surface area (Å²) in [4.78, 5) is 30.5. The summed E-state index contributed by atoms with van der Waals surface area (Å²) in [6.07, 6.45) is -0.374. The largest absolute Gasteiger partial charge is 0.459 e. The molecule has 0 bridgehead atoms. The summed E-state index contributed by atoms with van der Waals surface area (Å²) in [6, 6.07) is 5.18. The van der Waals surface area contributed by atoms with E-state index in [1.807, 2.05) is 0 Å². The highest BCUT2D eigenvalue weighted by molar-refractivity contribution is 6.42. The van der Waals surface area contributed by atoms with E-state index in [0.29, 0.717) is 0 Å². The fourth-order valence-electron chi connectivity index (χ4n) is 4.62. The highest BCUT2D eigenvalue weighted by Crippen LogP contribution is 2.43. The van der Waals surface area contributed by atoms with Crippen LogP contribution in [0.5, 0.6) is 0 Å². The number of amides is 1. The average Bonchev–Trinajstić information content (AvgIpc) is 3.22. The molecule has 1 aliphatic heterocycles. The van der Waals surface area contributed by atoms with Crippen molar-refractivity contribution >= 4 is 52.4 Å². The van der Waals surface area contributed by atoms with Crippen LogP contribution in [0.2, 0.25) is 10.0 Å². The molecule has 2 aromatic rings. The molecule has 0 aromatic heterocycles. The van der Waals surface area contributed by atoms with Crippen molar-refractivity contribution in [1.29, 1.82) is 0 Å². The van der Waals surface area contributed by atoms with Crippen LogP contribution in [0.1, 0.15) is 66.0 Å². The molecule has 2 aromatic carbocycles. The number of anilines is 2. The SMILES string of the molecule is CC(=NCC(=O)OC(C)(C)C)c1c(N)cc(NC2(c3c(F)ccc(Cl)c3Cl)CCN(C(=O)OC(C)(C)C)C2)cc1F. The van der Waals surface area contributed by atoms with Crippen LogP contribution in [0.15, 0.2) is 29.3 Å². The van der Waals surface area contributed by atoms with Crippen LogP contribution in [0.3, 0.4) is 0 Å². The minimum absolute atomic E-state index is 0.0157. The molecule has 41 heavy (non-hydrogen) atoms. The standard InChI is InChI=1S/C29H36Cl2F2N4O4/c1-16(35-14-22(38)40-27(2,3)4)23-20(33)12-17(13-21(23)34)36-29(24-19(32)9-8-18(30)25(24)31)10-11-37(15-29)26(39)41-28(5,6)7/h8-9,12-13,36H,10-11,14-15,34H2,1-7H3. The van der Waals surface area contributed by atoms with E-state index in [9.17, 15) is 9.59 Å². The van der Waals surface area contributed by atoms with E-state index in [-0.39, 0.29) is 64.3 Å². The molecule has 1 aliphatic rings. The lowest BCUT2D eigenvalue weighted by Crippen LogP contribution is -2.42. The van der Waals surface area contributed by atoms with E-state index in [4.69, 9.17) is 38.4 Å². The van der Waals surface area contributed by atoms with E-state index in [2.05, 4.69) is 10.3 Å². The Kier molecular flexibility index (Phi) is 9.50. The molecule has 3 rings (SSSR count). The molecular formula is C29H36Cl2F2N4O4. The predicted molar refractivity (Wildman–Crippen MR) is 158 cm³/mol. The Labute approximate surface area is 249 Å². The third kappa shape index (κ3) is 8.01. The van der Waals surface area contributed by atoms with Crippen molar-refractivity contribution in [3.05, 3.63) is 57.1 Å². The van der Waals surface area contributed by atoms with Crippen LogP contribution in [-0.4, -0.2) is 53.5 Å². The van der Waals surface area contributed by atoms with Gasteiger partial charge in [-0.1, -0.05) is 23.2 Å². The second-order valence-corrected chi connectivity index (χ2v) is 12.8. The molecule has 1 amide bonds. The van der Waals surface area contributed by atoms with Crippen molar-refractivity contribution in [2.75, 3.05) is 30.7 Å². The maximum absolute atomic E-state index is 15.4. The maximum atomic E-state index is 15.4. The van der Waals surface area contributed by atoms with Gasteiger partial charge >= 0.3 is 12.1 Å². The Hall–Kier alpha value is -3.11. The van der Waals surface area contributed by atoms with Gasteiger partial charge in [-0.2, -0.15) is 0 Å². The highest BCUT2D eigenvalue weighted by Gasteiger charge is 2.46. The number of carbonyl (C=O) groups excluding carboxylic acids is 2. The Balaban J connectivity index is 1.98. The normalized spacial score (nSPS) is 17.9. The summed E-state index contributed by atoms with van der Waals surface area (Å²) in [7, 11) is 0. The van der Waals surface area contributed by atoms with Crippen LogP contribution < -0.4 is 11.1 Å². The first-order chi connectivity index (χ1) is 18.8. The number of rotatable bonds is 6. The number of hydrogen-bond acceptors (Lipinski definition) is 7. The molecule has 1 atom stereocenters. The number of hydrogen-bond donors (Lipinski definition) is 2. The lowest BCUT2D eigenvalue weighted by molar-refractivity contribution is -0.152. The predicted octanol–water partition coefficient (Wildman–Crippen LogP) is 6.95. The maximum Gasteiger partial charge on any atom is 0.410 e.